The molecule has 1 unspecified atom stereocenters. The molecule has 1 atom stereocenters. The van der Waals surface area contributed by atoms with Gasteiger partial charge < -0.3 is 25.5 Å². The average Bonchev–Trinajstić information content (AvgIpc) is 3.57. The van der Waals surface area contributed by atoms with E-state index in [1.165, 1.54) is 16.3 Å². The Morgan fingerprint density at radius 1 is 1.02 bits per heavy atom. The molecule has 14 heteroatoms. The maximum atomic E-state index is 13.9. The number of anilines is 2. The number of amides is 4. The summed E-state index contributed by atoms with van der Waals surface area (Å²) in [7, 11) is -1.93. The van der Waals surface area contributed by atoms with Gasteiger partial charge in [0.25, 0.3) is 0 Å². The molecule has 13 nitrogen and oxygen atoms in total. The van der Waals surface area contributed by atoms with Gasteiger partial charge in [-0.3, -0.25) is 14.4 Å². The van der Waals surface area contributed by atoms with E-state index in [2.05, 4.69) is 15.6 Å². The molecule has 0 bridgehead atoms. The van der Waals surface area contributed by atoms with Crippen molar-refractivity contribution in [2.75, 3.05) is 43.6 Å². The highest BCUT2D eigenvalue weighted by Gasteiger charge is 2.51. The molecular formula is C34H38N6O7S. The van der Waals surface area contributed by atoms with Gasteiger partial charge in [-0.25, -0.2) is 22.5 Å². The summed E-state index contributed by atoms with van der Waals surface area (Å²) in [6, 6.07) is 16.5. The van der Waals surface area contributed by atoms with Crippen LogP contribution in [0.2, 0.25) is 0 Å². The van der Waals surface area contributed by atoms with E-state index in [0.29, 0.717) is 48.3 Å². The SMILES string of the molecule is CN(Cc1ccccc1CN(CC(=O)Nc1ccc2c(c1)CC1(C2)C(=O)Nc2ncccc21)C(=O)C1CCN(S(C)(=O)=O)CC1)C(=O)O. The maximum absolute atomic E-state index is 13.9. The van der Waals surface area contributed by atoms with Crippen LogP contribution >= 0.6 is 0 Å². The summed E-state index contributed by atoms with van der Waals surface area (Å²) in [5.41, 5.74) is 4.02. The van der Waals surface area contributed by atoms with Crippen molar-refractivity contribution in [3.8, 4) is 0 Å². The number of hydrogen-bond donors (Lipinski definition) is 3. The van der Waals surface area contributed by atoms with Gasteiger partial charge in [0, 0.05) is 56.6 Å². The molecule has 1 aromatic heterocycles. The minimum absolute atomic E-state index is 0.0669. The van der Waals surface area contributed by atoms with Gasteiger partial charge >= 0.3 is 6.09 Å². The van der Waals surface area contributed by atoms with Gasteiger partial charge in [-0.1, -0.05) is 36.4 Å². The van der Waals surface area contributed by atoms with Gasteiger partial charge in [0.2, 0.25) is 27.7 Å². The first-order valence-corrected chi connectivity index (χ1v) is 17.6. The Labute approximate surface area is 279 Å². The summed E-state index contributed by atoms with van der Waals surface area (Å²) < 4.78 is 25.5. The lowest BCUT2D eigenvalue weighted by molar-refractivity contribution is -0.140. The van der Waals surface area contributed by atoms with Crippen molar-refractivity contribution in [3.05, 3.63) is 88.6 Å². The van der Waals surface area contributed by atoms with E-state index in [9.17, 15) is 32.7 Å². The number of pyridine rings is 1. The summed E-state index contributed by atoms with van der Waals surface area (Å²) in [5, 5.41) is 15.2. The van der Waals surface area contributed by atoms with Crippen LogP contribution in [0, 0.1) is 5.92 Å². The zero-order valence-corrected chi connectivity index (χ0v) is 27.6. The molecule has 0 radical (unpaired) electrons. The van der Waals surface area contributed by atoms with E-state index < -0.39 is 33.4 Å². The Morgan fingerprint density at radius 2 is 1.71 bits per heavy atom. The number of nitrogens with zero attached hydrogens (tertiary/aromatic N) is 4. The van der Waals surface area contributed by atoms with Gasteiger partial charge in [-0.15, -0.1) is 0 Å². The molecule has 1 fully saturated rings. The van der Waals surface area contributed by atoms with E-state index in [4.69, 9.17) is 0 Å². The number of hydrogen-bond acceptors (Lipinski definition) is 7. The smallest absolute Gasteiger partial charge is 0.407 e. The predicted octanol–water partition coefficient (Wildman–Crippen LogP) is 2.82. The number of rotatable bonds is 9. The van der Waals surface area contributed by atoms with Gasteiger partial charge in [-0.2, -0.15) is 0 Å². The molecule has 0 saturated carbocycles. The van der Waals surface area contributed by atoms with E-state index in [1.807, 2.05) is 24.3 Å². The second kappa shape index (κ2) is 13.0. The van der Waals surface area contributed by atoms with Crippen LogP contribution in [0.4, 0.5) is 16.3 Å². The van der Waals surface area contributed by atoms with Gasteiger partial charge in [0.15, 0.2) is 0 Å². The van der Waals surface area contributed by atoms with E-state index in [0.717, 1.165) is 27.8 Å². The second-order valence-corrected chi connectivity index (χ2v) is 14.8. The lowest BCUT2D eigenvalue weighted by Gasteiger charge is -2.33. The molecule has 1 saturated heterocycles. The van der Waals surface area contributed by atoms with Crippen molar-refractivity contribution in [2.24, 2.45) is 5.92 Å². The number of sulfonamides is 1. The number of carboxylic acid groups (broad SMARTS) is 1. The van der Waals surface area contributed by atoms with Crippen molar-refractivity contribution in [1.29, 1.82) is 0 Å². The Kier molecular flexibility index (Phi) is 8.96. The highest BCUT2D eigenvalue weighted by molar-refractivity contribution is 7.88. The molecule has 2 aliphatic heterocycles. The van der Waals surface area contributed by atoms with E-state index in [1.54, 1.807) is 36.5 Å². The molecule has 6 rings (SSSR count). The number of piperidine rings is 1. The first-order valence-electron chi connectivity index (χ1n) is 15.8. The van der Waals surface area contributed by atoms with Crippen molar-refractivity contribution in [2.45, 2.75) is 44.2 Å². The lowest BCUT2D eigenvalue weighted by atomic mass is 9.79. The Balaban J connectivity index is 1.20. The molecule has 48 heavy (non-hydrogen) atoms. The van der Waals surface area contributed by atoms with Crippen LogP contribution in [-0.4, -0.2) is 89.4 Å². The molecule has 2 aromatic carbocycles. The largest absolute Gasteiger partial charge is 0.465 e. The molecule has 252 valence electrons. The monoisotopic (exact) mass is 674 g/mol. The quantitative estimate of drug-likeness (QED) is 0.311. The summed E-state index contributed by atoms with van der Waals surface area (Å²) >= 11 is 0. The van der Waals surface area contributed by atoms with Gasteiger partial charge in [0.1, 0.15) is 12.4 Å². The number of carbonyl (C=O) groups is 4. The minimum Gasteiger partial charge on any atom is -0.465 e. The number of benzene rings is 2. The Bertz CT molecular complexity index is 1890. The Morgan fingerprint density at radius 3 is 2.40 bits per heavy atom. The third-order valence-corrected chi connectivity index (χ3v) is 10.9. The van der Waals surface area contributed by atoms with Crippen molar-refractivity contribution in [3.63, 3.8) is 0 Å². The fraction of sp³-hybridized carbons (Fsp3) is 0.382. The lowest BCUT2D eigenvalue weighted by Crippen LogP contribution is -2.46. The van der Waals surface area contributed by atoms with Crippen LogP contribution in [0.3, 0.4) is 0 Å². The molecule has 1 aliphatic carbocycles. The zero-order chi connectivity index (χ0) is 34.2. The topological polar surface area (TPSA) is 169 Å². The molecule has 1 spiro atoms. The highest BCUT2D eigenvalue weighted by Crippen LogP contribution is 2.47. The maximum Gasteiger partial charge on any atom is 0.407 e. The second-order valence-electron chi connectivity index (χ2n) is 12.9. The number of carbonyl (C=O) groups excluding carboxylic acids is 3. The van der Waals surface area contributed by atoms with Crippen LogP contribution in [0.5, 0.6) is 0 Å². The first-order chi connectivity index (χ1) is 22.8. The van der Waals surface area contributed by atoms with Gasteiger partial charge in [-0.05, 0) is 66.1 Å². The molecular weight excluding hydrogens is 636 g/mol. The third kappa shape index (κ3) is 6.62. The average molecular weight is 675 g/mol. The summed E-state index contributed by atoms with van der Waals surface area (Å²) in [5.74, 6) is -0.681. The van der Waals surface area contributed by atoms with E-state index in [-0.39, 0.29) is 44.5 Å². The highest BCUT2D eigenvalue weighted by atomic mass is 32.2. The van der Waals surface area contributed by atoms with Gasteiger partial charge in [0.05, 0.1) is 11.7 Å². The number of nitrogens with one attached hydrogen (secondary N) is 2. The third-order valence-electron chi connectivity index (χ3n) is 9.60. The standard InChI is InChI=1S/C34H38N6O7S/c1-38(33(44)45)19-24-6-3-4-7-25(24)20-39(31(42)22-11-14-40(15-12-22)48(2,46)47)21-29(41)36-27-10-9-23-17-34(18-26(23)16-27)28-8-5-13-35-30(28)37-32(34)43/h3-10,13,16,22H,11-12,14-15,17-21H2,1-2H3,(H,36,41)(H,44,45)(H,35,37,43). The molecule has 3 aromatic rings. The summed E-state index contributed by atoms with van der Waals surface area (Å²) in [6.45, 7) is 0.324. The molecule has 3 N–H and O–H groups in total. The minimum atomic E-state index is -3.38. The summed E-state index contributed by atoms with van der Waals surface area (Å²) in [6.07, 6.45) is 3.34. The van der Waals surface area contributed by atoms with Crippen LogP contribution in [0.15, 0.2) is 60.8 Å². The Hall–Kier alpha value is -4.82. The fourth-order valence-corrected chi connectivity index (χ4v) is 7.89. The van der Waals surface area contributed by atoms with Crippen LogP contribution in [-0.2, 0) is 55.8 Å². The van der Waals surface area contributed by atoms with Crippen molar-refractivity contribution in [1.82, 2.24) is 19.1 Å². The number of fused-ring (bicyclic) bond motifs is 3. The predicted molar refractivity (Wildman–Crippen MR) is 178 cm³/mol. The summed E-state index contributed by atoms with van der Waals surface area (Å²) in [4.78, 5) is 59.1. The van der Waals surface area contributed by atoms with Crippen molar-refractivity contribution < 1.29 is 32.7 Å². The molecule has 3 aliphatic rings. The molecule has 3 heterocycles. The van der Waals surface area contributed by atoms with E-state index >= 15 is 0 Å². The van der Waals surface area contributed by atoms with Crippen LogP contribution in [0.25, 0.3) is 0 Å². The van der Waals surface area contributed by atoms with Crippen molar-refractivity contribution >= 4 is 45.3 Å². The zero-order valence-electron chi connectivity index (χ0n) is 26.8. The fourth-order valence-electron chi connectivity index (χ4n) is 7.02. The normalized spacial score (nSPS) is 19.0. The number of aromatic nitrogens is 1. The van der Waals surface area contributed by atoms with Crippen LogP contribution in [0.1, 0.15) is 40.7 Å². The van der Waals surface area contributed by atoms with Crippen LogP contribution < -0.4 is 10.6 Å². The first kappa shape index (κ1) is 33.1. The molecule has 4 amide bonds.